The zero-order valence-electron chi connectivity index (χ0n) is 6.13. The van der Waals surface area contributed by atoms with Gasteiger partial charge in [-0.05, 0) is 6.08 Å². The summed E-state index contributed by atoms with van der Waals surface area (Å²) in [5.74, 6) is 2.55. The molecule has 1 atom stereocenters. The van der Waals surface area contributed by atoms with Crippen molar-refractivity contribution in [1.82, 2.24) is 0 Å². The van der Waals surface area contributed by atoms with Gasteiger partial charge >= 0.3 is 0 Å². The highest BCUT2D eigenvalue weighted by Crippen LogP contribution is 2.13. The summed E-state index contributed by atoms with van der Waals surface area (Å²) in [5.41, 5.74) is 0.978. The van der Waals surface area contributed by atoms with E-state index in [1.54, 1.807) is 7.05 Å². The first kappa shape index (κ1) is 7.33. The number of hydrogen-bond acceptors (Lipinski definition) is 1. The molecule has 0 N–H and O–H groups in total. The first-order valence-electron chi connectivity index (χ1n) is 3.35. The van der Waals surface area contributed by atoms with Gasteiger partial charge in [-0.2, -0.15) is 0 Å². The van der Waals surface area contributed by atoms with Gasteiger partial charge < -0.3 is 9.85 Å². The molecule has 0 saturated carbocycles. The van der Waals surface area contributed by atoms with Crippen LogP contribution in [0.3, 0.4) is 0 Å². The van der Waals surface area contributed by atoms with Crippen molar-refractivity contribution in [2.75, 3.05) is 20.1 Å². The molecule has 54 valence electrons. The van der Waals surface area contributed by atoms with Crippen LogP contribution in [-0.4, -0.2) is 24.8 Å². The highest BCUT2D eigenvalue weighted by atomic mass is 16.5. The molecule has 2 nitrogen and oxygen atoms in total. The van der Waals surface area contributed by atoms with Crippen molar-refractivity contribution in [1.29, 1.82) is 0 Å². The van der Waals surface area contributed by atoms with E-state index in [1.165, 1.54) is 0 Å². The fraction of sp³-hybridized carbons (Fsp3) is 0.500. The van der Waals surface area contributed by atoms with E-state index in [2.05, 4.69) is 5.92 Å². The Labute approximate surface area is 61.3 Å². The minimum atomic E-state index is -0.175. The molecule has 0 bridgehead atoms. The van der Waals surface area contributed by atoms with Gasteiger partial charge in [-0.15, -0.1) is 6.42 Å². The predicted octanol–water partition coefficient (Wildman–Crippen LogP) is 0.894. The smallest absolute Gasteiger partial charge is 0.0981 e. The average Bonchev–Trinajstić information content (AvgIpc) is 1.88. The first-order chi connectivity index (χ1) is 4.64. The van der Waals surface area contributed by atoms with Crippen LogP contribution in [0.15, 0.2) is 11.6 Å². The van der Waals surface area contributed by atoms with Crippen molar-refractivity contribution in [2.24, 2.45) is 0 Å². The molecule has 0 aromatic carbocycles. The van der Waals surface area contributed by atoms with E-state index in [4.69, 9.17) is 6.42 Å². The van der Waals surface area contributed by atoms with E-state index in [-0.39, 0.29) is 4.65 Å². The lowest BCUT2D eigenvalue weighted by Gasteiger charge is -2.40. The minimum Gasteiger partial charge on any atom is -0.633 e. The van der Waals surface area contributed by atoms with Crippen LogP contribution < -0.4 is 0 Å². The maximum Gasteiger partial charge on any atom is 0.0981 e. The molecule has 1 heterocycles. The summed E-state index contributed by atoms with van der Waals surface area (Å²) in [5, 5.41) is 11.2. The Hall–Kier alpha value is -0.780. The third kappa shape index (κ3) is 1.60. The Balaban J connectivity index is 2.63. The fourth-order valence-electron chi connectivity index (χ4n) is 0.985. The number of terminal acetylenes is 1. The fourth-order valence-corrected chi connectivity index (χ4v) is 0.985. The van der Waals surface area contributed by atoms with Crippen molar-refractivity contribution in [3.63, 3.8) is 0 Å². The average molecular weight is 137 g/mol. The van der Waals surface area contributed by atoms with Gasteiger partial charge in [-0.25, -0.2) is 0 Å². The molecule has 10 heavy (non-hydrogen) atoms. The summed E-state index contributed by atoms with van der Waals surface area (Å²) < 4.78 is -0.175. The Morgan fingerprint density at radius 2 is 2.50 bits per heavy atom. The topological polar surface area (TPSA) is 23.1 Å². The van der Waals surface area contributed by atoms with Gasteiger partial charge in [0.25, 0.3) is 0 Å². The number of likely N-dealkylation sites (N-methyl/N-ethyl adjacent to an activating group) is 1. The Kier molecular flexibility index (Phi) is 1.80. The van der Waals surface area contributed by atoms with Crippen molar-refractivity contribution < 1.29 is 4.65 Å². The summed E-state index contributed by atoms with van der Waals surface area (Å²) in [6.45, 7) is 1.15. The summed E-state index contributed by atoms with van der Waals surface area (Å²) >= 11 is 0. The van der Waals surface area contributed by atoms with Gasteiger partial charge in [-0.3, -0.25) is 0 Å². The van der Waals surface area contributed by atoms with Crippen molar-refractivity contribution in [3.8, 4) is 12.3 Å². The molecular weight excluding hydrogens is 126 g/mol. The molecule has 0 fully saturated rings. The molecule has 2 heteroatoms. The quantitative estimate of drug-likeness (QED) is 0.276. The van der Waals surface area contributed by atoms with E-state index in [9.17, 15) is 5.21 Å². The summed E-state index contributed by atoms with van der Waals surface area (Å²) in [4.78, 5) is 0. The van der Waals surface area contributed by atoms with Gasteiger partial charge in [0.05, 0.1) is 20.1 Å². The summed E-state index contributed by atoms with van der Waals surface area (Å²) in [6.07, 6.45) is 7.78. The zero-order chi connectivity index (χ0) is 7.61. The van der Waals surface area contributed by atoms with Crippen LogP contribution in [0, 0.1) is 17.6 Å². The Morgan fingerprint density at radius 3 is 2.90 bits per heavy atom. The van der Waals surface area contributed by atoms with E-state index in [1.807, 2.05) is 6.08 Å². The highest BCUT2D eigenvalue weighted by molar-refractivity contribution is 5.26. The largest absolute Gasteiger partial charge is 0.633 e. The molecule has 0 saturated heterocycles. The second-order valence-electron chi connectivity index (χ2n) is 2.83. The molecule has 0 aliphatic carbocycles. The molecule has 0 radical (unpaired) electrons. The molecule has 1 rings (SSSR count). The molecule has 0 aromatic rings. The summed E-state index contributed by atoms with van der Waals surface area (Å²) in [7, 11) is 1.67. The monoisotopic (exact) mass is 137 g/mol. The molecule has 1 aliphatic heterocycles. The standard InChI is InChI=1S/C8H11NO/c1-3-8-4-6-9(2,10)7-5-8/h1,4H,5-7H2,2H3. The molecule has 0 spiro atoms. The van der Waals surface area contributed by atoms with Crippen LogP contribution in [0.1, 0.15) is 6.42 Å². The number of nitrogens with zero attached hydrogens (tertiary/aromatic N) is 1. The van der Waals surface area contributed by atoms with Crippen LogP contribution in [0.4, 0.5) is 0 Å². The lowest BCUT2D eigenvalue weighted by molar-refractivity contribution is -0.856. The van der Waals surface area contributed by atoms with Gasteiger partial charge in [0.15, 0.2) is 0 Å². The van der Waals surface area contributed by atoms with Crippen LogP contribution in [0.25, 0.3) is 0 Å². The highest BCUT2D eigenvalue weighted by Gasteiger charge is 2.14. The Morgan fingerprint density at radius 1 is 1.80 bits per heavy atom. The lowest BCUT2D eigenvalue weighted by atomic mass is 10.1. The Bertz CT molecular complexity index is 198. The molecule has 1 unspecified atom stereocenters. The second-order valence-corrected chi connectivity index (χ2v) is 2.83. The maximum absolute atomic E-state index is 11.2. The van der Waals surface area contributed by atoms with E-state index < -0.39 is 0 Å². The van der Waals surface area contributed by atoms with Crippen molar-refractivity contribution in [3.05, 3.63) is 16.9 Å². The van der Waals surface area contributed by atoms with E-state index in [0.717, 1.165) is 12.0 Å². The van der Waals surface area contributed by atoms with Crippen LogP contribution in [0.2, 0.25) is 0 Å². The predicted molar refractivity (Wildman–Crippen MR) is 40.8 cm³/mol. The third-order valence-electron chi connectivity index (χ3n) is 1.76. The maximum atomic E-state index is 11.2. The SMILES string of the molecule is C#CC1=CC[N+](C)([O-])CC1. The van der Waals surface area contributed by atoms with Gasteiger partial charge in [0.2, 0.25) is 0 Å². The van der Waals surface area contributed by atoms with Crippen molar-refractivity contribution >= 4 is 0 Å². The lowest BCUT2D eigenvalue weighted by Crippen LogP contribution is -2.40. The second kappa shape index (κ2) is 2.45. The zero-order valence-corrected chi connectivity index (χ0v) is 6.13. The van der Waals surface area contributed by atoms with Crippen LogP contribution >= 0.6 is 0 Å². The molecule has 0 amide bonds. The number of rotatable bonds is 0. The van der Waals surface area contributed by atoms with Crippen LogP contribution in [0.5, 0.6) is 0 Å². The molecule has 1 aliphatic rings. The van der Waals surface area contributed by atoms with E-state index in [0.29, 0.717) is 13.1 Å². The number of hydrogen-bond donors (Lipinski definition) is 0. The van der Waals surface area contributed by atoms with Crippen LogP contribution in [-0.2, 0) is 0 Å². The normalized spacial score (nSPS) is 32.7. The third-order valence-corrected chi connectivity index (χ3v) is 1.76. The van der Waals surface area contributed by atoms with Gasteiger partial charge in [0, 0.05) is 12.0 Å². The van der Waals surface area contributed by atoms with Gasteiger partial charge in [-0.1, -0.05) is 5.92 Å². The number of hydroxylamine groups is 3. The minimum absolute atomic E-state index is 0.175. The molecule has 0 aromatic heterocycles. The summed E-state index contributed by atoms with van der Waals surface area (Å²) in [6, 6.07) is 0. The van der Waals surface area contributed by atoms with Crippen molar-refractivity contribution in [2.45, 2.75) is 6.42 Å². The first-order valence-corrected chi connectivity index (χ1v) is 3.35. The molecular formula is C8H11NO. The number of quaternary nitrogens is 1. The van der Waals surface area contributed by atoms with E-state index >= 15 is 0 Å². The van der Waals surface area contributed by atoms with Gasteiger partial charge in [0.1, 0.15) is 0 Å².